The van der Waals surface area contributed by atoms with Gasteiger partial charge in [0, 0.05) is 24.0 Å². The van der Waals surface area contributed by atoms with E-state index in [2.05, 4.69) is 15.4 Å². The largest absolute Gasteiger partial charge is 0.482 e. The van der Waals surface area contributed by atoms with E-state index in [-0.39, 0.29) is 33.9 Å². The second kappa shape index (κ2) is 10.3. The van der Waals surface area contributed by atoms with Gasteiger partial charge in [-0.25, -0.2) is 12.8 Å². The van der Waals surface area contributed by atoms with Crippen LogP contribution in [0.5, 0.6) is 5.75 Å². The zero-order chi connectivity index (χ0) is 24.0. The molecule has 172 valence electrons. The van der Waals surface area contributed by atoms with Crippen LogP contribution in [0.4, 0.5) is 21.5 Å². The molecule has 11 heteroatoms. The number of ether oxygens (including phenoxy) is 1. The molecule has 2 amide bonds. The normalized spacial score (nSPS) is 10.9. The number of hydrogen-bond acceptors (Lipinski definition) is 5. The van der Waals surface area contributed by atoms with Crippen LogP contribution in [0, 0.1) is 5.82 Å². The van der Waals surface area contributed by atoms with Crippen molar-refractivity contribution in [1.29, 1.82) is 0 Å². The van der Waals surface area contributed by atoms with Crippen LogP contribution < -0.4 is 20.1 Å². The van der Waals surface area contributed by atoms with Crippen LogP contribution in [0.25, 0.3) is 0 Å². The summed E-state index contributed by atoms with van der Waals surface area (Å²) in [5.41, 5.74) is 1.28. The van der Waals surface area contributed by atoms with Gasteiger partial charge in [0.05, 0.1) is 9.92 Å². The maximum absolute atomic E-state index is 13.0. The quantitative estimate of drug-likeness (QED) is 0.436. The predicted octanol–water partition coefficient (Wildman–Crippen LogP) is 4.26. The number of sulfonamides is 1. The van der Waals surface area contributed by atoms with E-state index in [9.17, 15) is 22.4 Å². The van der Waals surface area contributed by atoms with E-state index in [0.29, 0.717) is 11.4 Å². The first-order chi connectivity index (χ1) is 15.6. The van der Waals surface area contributed by atoms with E-state index >= 15 is 0 Å². The van der Waals surface area contributed by atoms with Crippen molar-refractivity contribution in [3.05, 3.63) is 77.6 Å². The number of carbonyl (C=O) groups is 2. The van der Waals surface area contributed by atoms with Crippen LogP contribution in [0.2, 0.25) is 5.02 Å². The molecule has 0 aliphatic rings. The van der Waals surface area contributed by atoms with E-state index in [4.69, 9.17) is 16.3 Å². The van der Waals surface area contributed by atoms with Gasteiger partial charge in [0.1, 0.15) is 11.6 Å². The van der Waals surface area contributed by atoms with Gasteiger partial charge in [-0.3, -0.25) is 14.3 Å². The van der Waals surface area contributed by atoms with E-state index in [1.54, 1.807) is 24.3 Å². The monoisotopic (exact) mass is 491 g/mol. The Morgan fingerprint density at radius 2 is 1.48 bits per heavy atom. The van der Waals surface area contributed by atoms with Gasteiger partial charge in [-0.1, -0.05) is 11.6 Å². The number of carbonyl (C=O) groups excluding carboxylic acids is 2. The summed E-state index contributed by atoms with van der Waals surface area (Å²) in [4.78, 5) is 23.0. The van der Waals surface area contributed by atoms with Crippen molar-refractivity contribution in [1.82, 2.24) is 0 Å². The average Bonchev–Trinajstić information content (AvgIpc) is 2.75. The van der Waals surface area contributed by atoms with Crippen molar-refractivity contribution in [2.24, 2.45) is 0 Å². The molecule has 33 heavy (non-hydrogen) atoms. The Morgan fingerprint density at radius 3 is 2.06 bits per heavy atom. The fraction of sp³-hybridized carbons (Fsp3) is 0.0909. The van der Waals surface area contributed by atoms with Gasteiger partial charge in [-0.2, -0.15) is 0 Å². The third-order valence-corrected chi connectivity index (χ3v) is 5.83. The lowest BCUT2D eigenvalue weighted by Gasteiger charge is -2.12. The minimum atomic E-state index is -3.97. The Labute approximate surface area is 194 Å². The molecule has 0 saturated carbocycles. The summed E-state index contributed by atoms with van der Waals surface area (Å²) < 4.78 is 45.7. The van der Waals surface area contributed by atoms with Crippen molar-refractivity contribution in [2.45, 2.75) is 11.8 Å². The van der Waals surface area contributed by atoms with E-state index in [1.807, 2.05) is 0 Å². The number of anilines is 3. The third kappa shape index (κ3) is 6.93. The van der Waals surface area contributed by atoms with Crippen LogP contribution in [-0.4, -0.2) is 26.8 Å². The number of hydrogen-bond donors (Lipinski definition) is 3. The maximum atomic E-state index is 13.0. The number of amides is 2. The zero-order valence-corrected chi connectivity index (χ0v) is 18.8. The van der Waals surface area contributed by atoms with Crippen LogP contribution in [0.1, 0.15) is 6.92 Å². The summed E-state index contributed by atoms with van der Waals surface area (Å²) in [6.45, 7) is 1.02. The molecule has 0 spiro atoms. The van der Waals surface area contributed by atoms with Crippen molar-refractivity contribution < 1.29 is 27.1 Å². The molecule has 0 unspecified atom stereocenters. The summed E-state index contributed by atoms with van der Waals surface area (Å²) in [5, 5.41) is 5.23. The molecular formula is C22H19ClFN3O5S. The lowest BCUT2D eigenvalue weighted by atomic mass is 10.2. The Hall–Kier alpha value is -3.63. The topological polar surface area (TPSA) is 114 Å². The van der Waals surface area contributed by atoms with Gasteiger partial charge in [0.15, 0.2) is 6.61 Å². The van der Waals surface area contributed by atoms with Crippen molar-refractivity contribution >= 4 is 50.5 Å². The zero-order valence-electron chi connectivity index (χ0n) is 17.3. The van der Waals surface area contributed by atoms with Gasteiger partial charge in [0.25, 0.3) is 15.9 Å². The Kier molecular flexibility index (Phi) is 7.52. The van der Waals surface area contributed by atoms with Crippen LogP contribution in [-0.2, 0) is 19.6 Å². The SMILES string of the molecule is CC(=O)Nc1ccc(NC(=O)COc2ccc(S(=O)(=O)Nc3ccc(F)cc3)cc2Cl)cc1. The lowest BCUT2D eigenvalue weighted by molar-refractivity contribution is -0.118. The smallest absolute Gasteiger partial charge is 0.262 e. The summed E-state index contributed by atoms with van der Waals surface area (Å²) in [5.74, 6) is -1.04. The Bertz CT molecular complexity index is 1270. The highest BCUT2D eigenvalue weighted by atomic mass is 35.5. The molecule has 0 aliphatic heterocycles. The fourth-order valence-electron chi connectivity index (χ4n) is 2.68. The minimum absolute atomic E-state index is 0.00978. The standard InChI is InChI=1S/C22H19ClFN3O5S/c1-14(28)25-16-6-8-17(9-7-16)26-22(29)13-32-21-11-10-19(12-20(21)23)33(30,31)27-18-4-2-15(24)3-5-18/h2-12,27H,13H2,1H3,(H,25,28)(H,26,29). The second-order valence-electron chi connectivity index (χ2n) is 6.80. The number of nitrogens with one attached hydrogen (secondary N) is 3. The summed E-state index contributed by atoms with van der Waals surface area (Å²) in [6, 6.07) is 15.1. The molecule has 3 rings (SSSR count). The number of halogens is 2. The van der Waals surface area contributed by atoms with Crippen LogP contribution in [0.15, 0.2) is 71.6 Å². The minimum Gasteiger partial charge on any atom is -0.482 e. The van der Waals surface area contributed by atoms with E-state index < -0.39 is 21.7 Å². The van der Waals surface area contributed by atoms with Gasteiger partial charge in [-0.15, -0.1) is 0 Å². The van der Waals surface area contributed by atoms with Crippen LogP contribution >= 0.6 is 11.6 Å². The number of rotatable bonds is 8. The highest BCUT2D eigenvalue weighted by Crippen LogP contribution is 2.28. The van der Waals surface area contributed by atoms with Gasteiger partial charge in [0.2, 0.25) is 5.91 Å². The maximum Gasteiger partial charge on any atom is 0.262 e. The predicted molar refractivity (Wildman–Crippen MR) is 124 cm³/mol. The van der Waals surface area contributed by atoms with Crippen molar-refractivity contribution in [3.8, 4) is 5.75 Å². The molecule has 8 nitrogen and oxygen atoms in total. The summed E-state index contributed by atoms with van der Waals surface area (Å²) in [7, 11) is -3.97. The summed E-state index contributed by atoms with van der Waals surface area (Å²) >= 11 is 6.13. The first kappa shape index (κ1) is 24.0. The van der Waals surface area contributed by atoms with Gasteiger partial charge < -0.3 is 15.4 Å². The van der Waals surface area contributed by atoms with E-state index in [0.717, 1.165) is 12.1 Å². The number of benzene rings is 3. The highest BCUT2D eigenvalue weighted by molar-refractivity contribution is 7.92. The second-order valence-corrected chi connectivity index (χ2v) is 8.89. The highest BCUT2D eigenvalue weighted by Gasteiger charge is 2.17. The fourth-order valence-corrected chi connectivity index (χ4v) is 4.06. The molecule has 0 atom stereocenters. The summed E-state index contributed by atoms with van der Waals surface area (Å²) in [6.07, 6.45) is 0. The Balaban J connectivity index is 1.59. The Morgan fingerprint density at radius 1 is 0.909 bits per heavy atom. The molecule has 0 fully saturated rings. The molecular weight excluding hydrogens is 473 g/mol. The van der Waals surface area contributed by atoms with Gasteiger partial charge >= 0.3 is 0 Å². The average molecular weight is 492 g/mol. The molecule has 3 N–H and O–H groups in total. The first-order valence-corrected chi connectivity index (χ1v) is 11.4. The van der Waals surface area contributed by atoms with Crippen molar-refractivity contribution in [2.75, 3.05) is 22.0 Å². The molecule has 0 aromatic heterocycles. The lowest BCUT2D eigenvalue weighted by Crippen LogP contribution is -2.20. The molecule has 0 saturated heterocycles. The molecule has 3 aromatic rings. The molecule has 0 bridgehead atoms. The van der Waals surface area contributed by atoms with Crippen LogP contribution in [0.3, 0.4) is 0 Å². The van der Waals surface area contributed by atoms with Crippen molar-refractivity contribution in [3.63, 3.8) is 0 Å². The molecule has 3 aromatic carbocycles. The third-order valence-electron chi connectivity index (χ3n) is 4.16. The van der Waals surface area contributed by atoms with Gasteiger partial charge in [-0.05, 0) is 66.7 Å². The molecule has 0 heterocycles. The van der Waals surface area contributed by atoms with E-state index in [1.165, 1.54) is 37.3 Å². The molecule has 0 radical (unpaired) electrons. The first-order valence-electron chi connectivity index (χ1n) is 9.50. The molecule has 0 aliphatic carbocycles.